The Bertz CT molecular complexity index is 722. The topological polar surface area (TPSA) is 107 Å². The maximum absolute atomic E-state index is 12.8. The van der Waals surface area contributed by atoms with Gasteiger partial charge in [-0.25, -0.2) is 4.39 Å². The van der Waals surface area contributed by atoms with Gasteiger partial charge in [-0.3, -0.25) is 14.7 Å². The van der Waals surface area contributed by atoms with E-state index in [1.807, 2.05) is 0 Å². The van der Waals surface area contributed by atoms with Gasteiger partial charge in [0.05, 0.1) is 11.9 Å². The largest absolute Gasteiger partial charge is 0.380 e. The number of nitrogens with one attached hydrogen (secondary N) is 3. The molecule has 1 saturated carbocycles. The number of anilines is 2. The van der Waals surface area contributed by atoms with Gasteiger partial charge in [-0.15, -0.1) is 0 Å². The smallest absolute Gasteiger partial charge is 0.275 e. The molecule has 22 heavy (non-hydrogen) atoms. The second-order valence-electron chi connectivity index (χ2n) is 5.11. The van der Waals surface area contributed by atoms with Crippen molar-refractivity contribution in [1.29, 1.82) is 0 Å². The number of rotatable bonds is 4. The fraction of sp³-hybridized carbons (Fsp3) is 0.214. The van der Waals surface area contributed by atoms with Gasteiger partial charge < -0.3 is 15.7 Å². The Morgan fingerprint density at radius 2 is 1.91 bits per heavy atom. The van der Waals surface area contributed by atoms with Gasteiger partial charge in [-0.1, -0.05) is 0 Å². The highest BCUT2D eigenvalue weighted by atomic mass is 19.1. The first kappa shape index (κ1) is 14.2. The zero-order valence-corrected chi connectivity index (χ0v) is 11.4. The van der Waals surface area contributed by atoms with E-state index in [0.29, 0.717) is 18.5 Å². The Balaban J connectivity index is 1.72. The molecule has 1 aliphatic carbocycles. The van der Waals surface area contributed by atoms with Crippen molar-refractivity contribution >= 4 is 23.2 Å². The molecule has 1 heterocycles. The van der Waals surface area contributed by atoms with Crippen LogP contribution in [0.5, 0.6) is 0 Å². The molecule has 114 valence electrons. The number of aromatic amines is 1. The van der Waals surface area contributed by atoms with Crippen LogP contribution in [0.3, 0.4) is 0 Å². The van der Waals surface area contributed by atoms with Crippen LogP contribution in [0.2, 0.25) is 0 Å². The van der Waals surface area contributed by atoms with Crippen LogP contribution in [0.25, 0.3) is 0 Å². The molecule has 0 radical (unpaired) electrons. The molecule has 8 heteroatoms. The van der Waals surface area contributed by atoms with E-state index < -0.39 is 23.2 Å². The van der Waals surface area contributed by atoms with Crippen molar-refractivity contribution in [3.05, 3.63) is 42.0 Å². The van der Waals surface area contributed by atoms with Crippen molar-refractivity contribution < 1.29 is 19.1 Å². The third-order valence-electron chi connectivity index (χ3n) is 3.36. The van der Waals surface area contributed by atoms with Crippen molar-refractivity contribution in [3.8, 4) is 0 Å². The van der Waals surface area contributed by atoms with Gasteiger partial charge in [0.25, 0.3) is 11.8 Å². The van der Waals surface area contributed by atoms with Crippen molar-refractivity contribution in [2.24, 2.45) is 0 Å². The van der Waals surface area contributed by atoms with E-state index in [1.165, 1.54) is 30.5 Å². The molecule has 0 atom stereocenters. The summed E-state index contributed by atoms with van der Waals surface area (Å²) in [5.74, 6) is -1.52. The van der Waals surface area contributed by atoms with Crippen LogP contribution in [0.4, 0.5) is 15.8 Å². The molecule has 1 aliphatic rings. The van der Waals surface area contributed by atoms with Crippen molar-refractivity contribution in [2.45, 2.75) is 18.4 Å². The van der Waals surface area contributed by atoms with Gasteiger partial charge in [0.1, 0.15) is 17.1 Å². The fourth-order valence-electron chi connectivity index (χ4n) is 1.86. The Morgan fingerprint density at radius 1 is 1.23 bits per heavy atom. The second kappa shape index (κ2) is 5.23. The number of aromatic nitrogens is 2. The Kier molecular flexibility index (Phi) is 3.38. The van der Waals surface area contributed by atoms with Crippen LogP contribution in [0.1, 0.15) is 23.3 Å². The summed E-state index contributed by atoms with van der Waals surface area (Å²) in [6, 6.07) is 5.26. The Morgan fingerprint density at radius 3 is 2.55 bits per heavy atom. The van der Waals surface area contributed by atoms with E-state index in [9.17, 15) is 19.1 Å². The highest BCUT2D eigenvalue weighted by Crippen LogP contribution is 2.36. The number of amides is 2. The SMILES string of the molecule is O=C(Nc1ccc(F)cc1)c1[nH]ncc1NC(=O)C1(O)CC1. The zero-order chi connectivity index (χ0) is 15.7. The number of carbonyl (C=O) groups is 2. The highest BCUT2D eigenvalue weighted by molar-refractivity contribution is 6.09. The lowest BCUT2D eigenvalue weighted by Gasteiger charge is -2.09. The number of benzene rings is 1. The Labute approximate surface area is 124 Å². The van der Waals surface area contributed by atoms with Crippen molar-refractivity contribution in [3.63, 3.8) is 0 Å². The van der Waals surface area contributed by atoms with Gasteiger partial charge in [0.2, 0.25) is 0 Å². The summed E-state index contributed by atoms with van der Waals surface area (Å²) in [5, 5.41) is 20.9. The maximum Gasteiger partial charge on any atom is 0.275 e. The van der Waals surface area contributed by atoms with Crippen molar-refractivity contribution in [1.82, 2.24) is 10.2 Å². The van der Waals surface area contributed by atoms with E-state index in [-0.39, 0.29) is 11.4 Å². The number of hydrogen-bond acceptors (Lipinski definition) is 4. The van der Waals surface area contributed by atoms with Crippen LogP contribution < -0.4 is 10.6 Å². The number of halogens is 1. The van der Waals surface area contributed by atoms with Gasteiger partial charge >= 0.3 is 0 Å². The summed E-state index contributed by atoms with van der Waals surface area (Å²) in [5.41, 5.74) is -0.729. The van der Waals surface area contributed by atoms with E-state index in [4.69, 9.17) is 0 Å². The number of nitrogens with zero attached hydrogens (tertiary/aromatic N) is 1. The lowest BCUT2D eigenvalue weighted by atomic mass is 10.2. The van der Waals surface area contributed by atoms with Gasteiger partial charge in [-0.2, -0.15) is 5.10 Å². The molecule has 1 aromatic carbocycles. The van der Waals surface area contributed by atoms with Crippen LogP contribution >= 0.6 is 0 Å². The van der Waals surface area contributed by atoms with E-state index in [2.05, 4.69) is 20.8 Å². The average molecular weight is 304 g/mol. The van der Waals surface area contributed by atoms with Gasteiger partial charge in [0, 0.05) is 5.69 Å². The molecule has 1 fully saturated rings. The lowest BCUT2D eigenvalue weighted by Crippen LogP contribution is -2.30. The number of H-pyrrole nitrogens is 1. The monoisotopic (exact) mass is 304 g/mol. The molecule has 0 aliphatic heterocycles. The predicted molar refractivity (Wildman–Crippen MR) is 75.8 cm³/mol. The van der Waals surface area contributed by atoms with E-state index >= 15 is 0 Å². The maximum atomic E-state index is 12.8. The fourth-order valence-corrected chi connectivity index (χ4v) is 1.86. The minimum Gasteiger partial charge on any atom is -0.380 e. The summed E-state index contributed by atoms with van der Waals surface area (Å²) >= 11 is 0. The molecule has 3 rings (SSSR count). The van der Waals surface area contributed by atoms with Crippen LogP contribution in [-0.4, -0.2) is 32.7 Å². The molecule has 0 unspecified atom stereocenters. The molecule has 2 amide bonds. The normalized spacial score (nSPS) is 15.2. The summed E-state index contributed by atoms with van der Waals surface area (Å²) in [7, 11) is 0. The zero-order valence-electron chi connectivity index (χ0n) is 11.4. The third kappa shape index (κ3) is 2.82. The molecule has 7 nitrogen and oxygen atoms in total. The molecule has 1 aromatic heterocycles. The van der Waals surface area contributed by atoms with E-state index in [0.717, 1.165) is 0 Å². The average Bonchev–Trinajstić information content (AvgIpc) is 3.08. The summed E-state index contributed by atoms with van der Waals surface area (Å²) in [4.78, 5) is 23.9. The quantitative estimate of drug-likeness (QED) is 0.682. The first-order valence-electron chi connectivity index (χ1n) is 6.62. The number of hydrogen-bond donors (Lipinski definition) is 4. The minimum absolute atomic E-state index is 0.0434. The molecule has 2 aromatic rings. The molecule has 0 bridgehead atoms. The molecular weight excluding hydrogens is 291 g/mol. The number of aliphatic hydroxyl groups is 1. The second-order valence-corrected chi connectivity index (χ2v) is 5.11. The van der Waals surface area contributed by atoms with Crippen LogP contribution in [-0.2, 0) is 4.79 Å². The van der Waals surface area contributed by atoms with Crippen LogP contribution in [0, 0.1) is 5.82 Å². The van der Waals surface area contributed by atoms with E-state index in [1.54, 1.807) is 0 Å². The summed E-state index contributed by atoms with van der Waals surface area (Å²) in [6.07, 6.45) is 2.07. The minimum atomic E-state index is -1.35. The Hall–Kier alpha value is -2.74. The first-order valence-corrected chi connectivity index (χ1v) is 6.62. The van der Waals surface area contributed by atoms with Crippen LogP contribution in [0.15, 0.2) is 30.5 Å². The molecular formula is C14H13FN4O3. The summed E-state index contributed by atoms with van der Waals surface area (Å²) < 4.78 is 12.8. The van der Waals surface area contributed by atoms with Crippen molar-refractivity contribution in [2.75, 3.05) is 10.6 Å². The number of carbonyl (C=O) groups excluding carboxylic acids is 2. The van der Waals surface area contributed by atoms with Gasteiger partial charge in [-0.05, 0) is 37.1 Å². The standard InChI is InChI=1S/C14H13FN4O3/c15-8-1-3-9(4-2-8)17-12(20)11-10(7-16-19-11)18-13(21)14(22)5-6-14/h1-4,7,22H,5-6H2,(H,16,19)(H,17,20)(H,18,21). The predicted octanol–water partition coefficient (Wildman–Crippen LogP) is 1.26. The molecule has 0 saturated heterocycles. The first-order chi connectivity index (χ1) is 10.5. The van der Waals surface area contributed by atoms with Gasteiger partial charge in [0.15, 0.2) is 0 Å². The summed E-state index contributed by atoms with van der Waals surface area (Å²) in [6.45, 7) is 0. The lowest BCUT2D eigenvalue weighted by molar-refractivity contribution is -0.125. The third-order valence-corrected chi connectivity index (χ3v) is 3.36. The highest BCUT2D eigenvalue weighted by Gasteiger charge is 2.48. The molecule has 4 N–H and O–H groups in total. The molecule has 0 spiro atoms.